The quantitative estimate of drug-likeness (QED) is 0.750. The molecule has 26 heavy (non-hydrogen) atoms. The Morgan fingerprint density at radius 1 is 1.23 bits per heavy atom. The number of hydrogen-bond donors (Lipinski definition) is 2. The Kier molecular flexibility index (Phi) is 6.66. The molecule has 2 N–H and O–H groups in total. The third-order valence-corrected chi connectivity index (χ3v) is 5.23. The summed E-state index contributed by atoms with van der Waals surface area (Å²) in [6.07, 6.45) is 0. The number of morpholine rings is 1. The van der Waals surface area contributed by atoms with Crippen molar-refractivity contribution in [3.05, 3.63) is 64.1 Å². The highest BCUT2D eigenvalue weighted by Gasteiger charge is 2.23. The van der Waals surface area contributed by atoms with Gasteiger partial charge in [0, 0.05) is 5.56 Å². The van der Waals surface area contributed by atoms with Gasteiger partial charge >= 0.3 is 0 Å². The van der Waals surface area contributed by atoms with Gasteiger partial charge in [0.15, 0.2) is 0 Å². The second kappa shape index (κ2) is 9.16. The van der Waals surface area contributed by atoms with Crippen molar-refractivity contribution in [2.75, 3.05) is 40.0 Å². The Morgan fingerprint density at radius 3 is 2.62 bits per heavy atom. The number of carbonyl (C=O) groups is 1. The number of methoxy groups -OCH3 is 1. The second-order valence-electron chi connectivity index (χ2n) is 6.35. The molecule has 1 heterocycles. The Bertz CT molecular complexity index is 733. The topological polar surface area (TPSA) is 52.0 Å². The van der Waals surface area contributed by atoms with Crippen LogP contribution in [0.5, 0.6) is 5.75 Å². The van der Waals surface area contributed by atoms with Crippen LogP contribution in [0.1, 0.15) is 22.0 Å². The molecule has 5 nitrogen and oxygen atoms in total. The number of hydrogen-bond acceptors (Lipinski definition) is 3. The number of benzene rings is 2. The second-order valence-corrected chi connectivity index (χ2v) is 7.21. The van der Waals surface area contributed by atoms with Gasteiger partial charge in [-0.05, 0) is 39.7 Å². The first-order chi connectivity index (χ1) is 12.7. The highest BCUT2D eigenvalue weighted by Crippen LogP contribution is 2.25. The molecule has 0 bridgehead atoms. The van der Waals surface area contributed by atoms with Crippen LogP contribution in [0.15, 0.2) is 53.0 Å². The summed E-state index contributed by atoms with van der Waals surface area (Å²) in [6, 6.07) is 15.5. The maximum atomic E-state index is 12.8. The van der Waals surface area contributed by atoms with Crippen LogP contribution in [0.25, 0.3) is 0 Å². The lowest BCUT2D eigenvalue weighted by molar-refractivity contribution is -0.909. The zero-order valence-electron chi connectivity index (χ0n) is 14.8. The van der Waals surface area contributed by atoms with Gasteiger partial charge < -0.3 is 19.7 Å². The van der Waals surface area contributed by atoms with Gasteiger partial charge in [-0.2, -0.15) is 0 Å². The van der Waals surface area contributed by atoms with E-state index in [4.69, 9.17) is 9.47 Å². The molecule has 0 spiro atoms. The van der Waals surface area contributed by atoms with Crippen LogP contribution in [0, 0.1) is 0 Å². The van der Waals surface area contributed by atoms with E-state index in [9.17, 15) is 4.79 Å². The highest BCUT2D eigenvalue weighted by molar-refractivity contribution is 9.10. The normalized spacial score (nSPS) is 16.1. The van der Waals surface area contributed by atoms with E-state index >= 15 is 0 Å². The van der Waals surface area contributed by atoms with Crippen LogP contribution in [-0.2, 0) is 4.74 Å². The molecule has 1 aliphatic rings. The average Bonchev–Trinajstić information content (AvgIpc) is 2.69. The standard InChI is InChI=1S/C20H23BrN2O3/c1-25-19-8-7-16(13-17(19)21)20(24)22-18(15-5-3-2-4-6-15)14-23-9-11-26-12-10-23/h2-8,13,18H,9-12,14H2,1H3,(H,22,24)/p+1/t18-/m0/s1. The van der Waals surface area contributed by atoms with Crippen LogP contribution in [0.4, 0.5) is 0 Å². The molecule has 1 fully saturated rings. The molecule has 2 aromatic carbocycles. The monoisotopic (exact) mass is 419 g/mol. The molecule has 6 heteroatoms. The summed E-state index contributed by atoms with van der Waals surface area (Å²) >= 11 is 3.44. The molecule has 0 radical (unpaired) electrons. The first kappa shape index (κ1) is 18.9. The average molecular weight is 420 g/mol. The Hall–Kier alpha value is -1.89. The number of ether oxygens (including phenoxy) is 2. The Labute approximate surface area is 162 Å². The van der Waals surface area contributed by atoms with E-state index in [1.807, 2.05) is 18.2 Å². The summed E-state index contributed by atoms with van der Waals surface area (Å²) in [4.78, 5) is 14.3. The van der Waals surface area contributed by atoms with Crippen LogP contribution in [-0.4, -0.2) is 45.9 Å². The number of quaternary nitrogens is 1. The van der Waals surface area contributed by atoms with E-state index in [-0.39, 0.29) is 11.9 Å². The number of nitrogens with one attached hydrogen (secondary N) is 2. The van der Waals surface area contributed by atoms with E-state index in [1.165, 1.54) is 4.90 Å². The van der Waals surface area contributed by atoms with Crippen LogP contribution >= 0.6 is 15.9 Å². The molecule has 1 atom stereocenters. The smallest absolute Gasteiger partial charge is 0.252 e. The summed E-state index contributed by atoms with van der Waals surface area (Å²) < 4.78 is 11.5. The zero-order chi connectivity index (χ0) is 18.4. The molecule has 138 valence electrons. The van der Waals surface area contributed by atoms with Crippen molar-refractivity contribution >= 4 is 21.8 Å². The summed E-state index contributed by atoms with van der Waals surface area (Å²) in [5, 5.41) is 3.20. The van der Waals surface area contributed by atoms with E-state index in [1.54, 1.807) is 25.3 Å². The predicted molar refractivity (Wildman–Crippen MR) is 104 cm³/mol. The Balaban J connectivity index is 1.76. The molecule has 1 aliphatic heterocycles. The molecule has 1 amide bonds. The third-order valence-electron chi connectivity index (χ3n) is 4.61. The number of carbonyl (C=O) groups excluding carboxylic acids is 1. The van der Waals surface area contributed by atoms with Gasteiger partial charge in [0.25, 0.3) is 5.91 Å². The molecule has 1 saturated heterocycles. The minimum atomic E-state index is -0.0881. The molecular weight excluding hydrogens is 396 g/mol. The fourth-order valence-corrected chi connectivity index (χ4v) is 3.68. The molecule has 0 unspecified atom stereocenters. The van der Waals surface area contributed by atoms with Crippen molar-refractivity contribution in [1.29, 1.82) is 0 Å². The number of rotatable bonds is 6. The van der Waals surface area contributed by atoms with E-state index in [0.29, 0.717) is 11.3 Å². The van der Waals surface area contributed by atoms with Crippen LogP contribution in [0.3, 0.4) is 0 Å². The van der Waals surface area contributed by atoms with Gasteiger partial charge in [0.05, 0.1) is 24.8 Å². The molecule has 0 aromatic heterocycles. The van der Waals surface area contributed by atoms with Crippen molar-refractivity contribution in [2.45, 2.75) is 6.04 Å². The van der Waals surface area contributed by atoms with Gasteiger partial charge in [-0.1, -0.05) is 30.3 Å². The first-order valence-corrected chi connectivity index (χ1v) is 9.57. The lowest BCUT2D eigenvalue weighted by atomic mass is 10.1. The molecule has 0 aliphatic carbocycles. The van der Waals surface area contributed by atoms with E-state index < -0.39 is 0 Å². The summed E-state index contributed by atoms with van der Waals surface area (Å²) in [5.41, 5.74) is 1.73. The number of amides is 1. The van der Waals surface area contributed by atoms with Crippen molar-refractivity contribution in [3.8, 4) is 5.75 Å². The summed E-state index contributed by atoms with van der Waals surface area (Å²) in [5.74, 6) is 0.619. The largest absolute Gasteiger partial charge is 0.496 e. The SMILES string of the molecule is COc1ccc(C(=O)N[C@@H](C[NH+]2CCOCC2)c2ccccc2)cc1Br. The van der Waals surface area contributed by atoms with Gasteiger partial charge in [-0.15, -0.1) is 0 Å². The van der Waals surface area contributed by atoms with Crippen molar-refractivity contribution in [2.24, 2.45) is 0 Å². The summed E-state index contributed by atoms with van der Waals surface area (Å²) in [6.45, 7) is 4.32. The van der Waals surface area contributed by atoms with E-state index in [2.05, 4.69) is 33.4 Å². The lowest BCUT2D eigenvalue weighted by Gasteiger charge is -2.28. The van der Waals surface area contributed by atoms with Gasteiger partial charge in [0.2, 0.25) is 0 Å². The van der Waals surface area contributed by atoms with Gasteiger partial charge in [-0.25, -0.2) is 0 Å². The molecule has 0 saturated carbocycles. The van der Waals surface area contributed by atoms with Crippen molar-refractivity contribution in [3.63, 3.8) is 0 Å². The molecular formula is C20H24BrN2O3+. The van der Waals surface area contributed by atoms with Crippen LogP contribution < -0.4 is 15.0 Å². The minimum Gasteiger partial charge on any atom is -0.496 e. The predicted octanol–water partition coefficient (Wildman–Crippen LogP) is 1.84. The van der Waals surface area contributed by atoms with Crippen molar-refractivity contribution in [1.82, 2.24) is 5.32 Å². The lowest BCUT2D eigenvalue weighted by Crippen LogP contribution is -3.14. The Morgan fingerprint density at radius 2 is 1.96 bits per heavy atom. The summed E-state index contributed by atoms with van der Waals surface area (Å²) in [7, 11) is 1.61. The fraction of sp³-hybridized carbons (Fsp3) is 0.350. The first-order valence-electron chi connectivity index (χ1n) is 8.78. The molecule has 3 rings (SSSR count). The van der Waals surface area contributed by atoms with Crippen molar-refractivity contribution < 1.29 is 19.2 Å². The third kappa shape index (κ3) is 4.84. The van der Waals surface area contributed by atoms with E-state index in [0.717, 1.165) is 42.9 Å². The van der Waals surface area contributed by atoms with Gasteiger partial charge in [0.1, 0.15) is 31.4 Å². The zero-order valence-corrected chi connectivity index (χ0v) is 16.4. The maximum Gasteiger partial charge on any atom is 0.252 e. The fourth-order valence-electron chi connectivity index (χ4n) is 3.14. The minimum absolute atomic E-state index is 0.0438. The number of halogens is 1. The highest BCUT2D eigenvalue weighted by atomic mass is 79.9. The maximum absolute atomic E-state index is 12.8. The molecule has 2 aromatic rings. The van der Waals surface area contributed by atoms with Crippen LogP contribution in [0.2, 0.25) is 0 Å². The van der Waals surface area contributed by atoms with Gasteiger partial charge in [-0.3, -0.25) is 4.79 Å².